The molecule has 1 rings (SSSR count). The summed E-state index contributed by atoms with van der Waals surface area (Å²) in [6, 6.07) is 0. The lowest BCUT2D eigenvalue weighted by Gasteiger charge is -2.38. The van der Waals surface area contributed by atoms with E-state index >= 15 is 0 Å². The first kappa shape index (κ1) is 16.8. The highest BCUT2D eigenvalue weighted by Crippen LogP contribution is 2.33. The number of nitrogens with two attached hydrogens (primary N) is 1. The van der Waals surface area contributed by atoms with Gasteiger partial charge < -0.3 is 20.7 Å². The monoisotopic (exact) mass is 301 g/mol. The number of thiocarbonyl (C=S) groups is 1. The lowest BCUT2D eigenvalue weighted by Crippen LogP contribution is -2.55. The second-order valence-corrected chi connectivity index (χ2v) is 5.40. The summed E-state index contributed by atoms with van der Waals surface area (Å²) in [5.41, 5.74) is 4.96. The van der Waals surface area contributed by atoms with Crippen LogP contribution in [0.5, 0.6) is 0 Å². The SMILES string of the molecule is CCCN(CC(=O)NC)C(=O)C1(C(N)=S)CCOCC1. The van der Waals surface area contributed by atoms with Gasteiger partial charge in [-0.15, -0.1) is 0 Å². The fraction of sp³-hybridized carbons (Fsp3) is 0.769. The molecule has 0 atom stereocenters. The molecule has 0 aromatic carbocycles. The Hall–Kier alpha value is -1.21. The zero-order valence-corrected chi connectivity index (χ0v) is 12.9. The van der Waals surface area contributed by atoms with E-state index in [0.717, 1.165) is 6.42 Å². The van der Waals surface area contributed by atoms with Gasteiger partial charge in [0.05, 0.1) is 11.5 Å². The van der Waals surface area contributed by atoms with Crippen molar-refractivity contribution in [2.45, 2.75) is 26.2 Å². The van der Waals surface area contributed by atoms with E-state index < -0.39 is 5.41 Å². The highest BCUT2D eigenvalue weighted by atomic mass is 32.1. The Bertz CT molecular complexity index is 381. The number of carbonyl (C=O) groups is 2. The molecule has 0 aromatic rings. The third-order valence-corrected chi connectivity index (χ3v) is 4.01. The van der Waals surface area contributed by atoms with Crippen LogP contribution < -0.4 is 11.1 Å². The Labute approximate surface area is 125 Å². The lowest BCUT2D eigenvalue weighted by molar-refractivity contribution is -0.145. The topological polar surface area (TPSA) is 84.7 Å². The van der Waals surface area contributed by atoms with Crippen LogP contribution in [0.3, 0.4) is 0 Å². The van der Waals surface area contributed by atoms with Crippen molar-refractivity contribution in [2.75, 3.05) is 33.4 Å². The molecule has 0 radical (unpaired) electrons. The van der Waals surface area contributed by atoms with Gasteiger partial charge in [-0.2, -0.15) is 0 Å². The second kappa shape index (κ2) is 7.54. The number of nitrogens with zero attached hydrogens (tertiary/aromatic N) is 1. The largest absolute Gasteiger partial charge is 0.392 e. The third kappa shape index (κ3) is 3.67. The van der Waals surface area contributed by atoms with Crippen molar-refractivity contribution < 1.29 is 14.3 Å². The minimum atomic E-state index is -0.864. The van der Waals surface area contributed by atoms with Gasteiger partial charge in [-0.1, -0.05) is 19.1 Å². The number of amides is 2. The van der Waals surface area contributed by atoms with Crippen molar-refractivity contribution in [3.63, 3.8) is 0 Å². The Morgan fingerprint density at radius 2 is 2.00 bits per heavy atom. The molecule has 1 fully saturated rings. The molecule has 1 aliphatic heterocycles. The number of likely N-dealkylation sites (N-methyl/N-ethyl adjacent to an activating group) is 1. The first-order valence-corrected chi connectivity index (χ1v) is 7.26. The van der Waals surface area contributed by atoms with E-state index in [1.165, 1.54) is 0 Å². The lowest BCUT2D eigenvalue weighted by atomic mass is 9.78. The molecule has 6 nitrogen and oxygen atoms in total. The molecular weight excluding hydrogens is 278 g/mol. The fourth-order valence-corrected chi connectivity index (χ4v) is 2.65. The van der Waals surface area contributed by atoms with Crippen LogP contribution in [0.1, 0.15) is 26.2 Å². The van der Waals surface area contributed by atoms with Crippen molar-refractivity contribution in [1.82, 2.24) is 10.2 Å². The standard InChI is InChI=1S/C13H23N3O3S/c1-3-6-16(9-10(17)15-2)12(18)13(11(14)20)4-7-19-8-5-13/h3-9H2,1-2H3,(H2,14,20)(H,15,17). The quantitative estimate of drug-likeness (QED) is 0.677. The van der Waals surface area contributed by atoms with Crippen molar-refractivity contribution >= 4 is 29.0 Å². The first-order chi connectivity index (χ1) is 9.47. The minimum absolute atomic E-state index is 0.0361. The first-order valence-electron chi connectivity index (χ1n) is 6.85. The van der Waals surface area contributed by atoms with E-state index in [1.807, 2.05) is 6.92 Å². The van der Waals surface area contributed by atoms with Gasteiger partial charge in [-0.3, -0.25) is 9.59 Å². The zero-order chi connectivity index (χ0) is 15.2. The summed E-state index contributed by atoms with van der Waals surface area (Å²) >= 11 is 5.12. The molecule has 7 heteroatoms. The molecule has 20 heavy (non-hydrogen) atoms. The summed E-state index contributed by atoms with van der Waals surface area (Å²) < 4.78 is 5.30. The van der Waals surface area contributed by atoms with Crippen LogP contribution in [-0.2, 0) is 14.3 Å². The van der Waals surface area contributed by atoms with E-state index in [4.69, 9.17) is 22.7 Å². The molecule has 0 saturated carbocycles. The van der Waals surface area contributed by atoms with Crippen molar-refractivity contribution in [3.05, 3.63) is 0 Å². The van der Waals surface area contributed by atoms with Crippen LogP contribution in [0.4, 0.5) is 0 Å². The average Bonchev–Trinajstić information content (AvgIpc) is 2.46. The molecule has 0 aromatic heterocycles. The molecule has 1 saturated heterocycles. The summed E-state index contributed by atoms with van der Waals surface area (Å²) in [4.78, 5) is 26.1. The van der Waals surface area contributed by atoms with Crippen LogP contribution in [0.15, 0.2) is 0 Å². The van der Waals surface area contributed by atoms with E-state index in [9.17, 15) is 9.59 Å². The molecule has 0 spiro atoms. The Morgan fingerprint density at radius 3 is 2.45 bits per heavy atom. The van der Waals surface area contributed by atoms with Gasteiger partial charge in [0, 0.05) is 26.8 Å². The molecule has 3 N–H and O–H groups in total. The fourth-order valence-electron chi connectivity index (χ4n) is 2.36. The molecule has 1 aliphatic rings. The molecule has 0 bridgehead atoms. The predicted molar refractivity (Wildman–Crippen MR) is 80.2 cm³/mol. The summed E-state index contributed by atoms with van der Waals surface area (Å²) in [6.45, 7) is 3.43. The van der Waals surface area contributed by atoms with E-state index in [2.05, 4.69) is 5.32 Å². The number of carbonyl (C=O) groups excluding carboxylic acids is 2. The number of hydrogen-bond donors (Lipinski definition) is 2. The van der Waals surface area contributed by atoms with Gasteiger partial charge in [-0.25, -0.2) is 0 Å². The van der Waals surface area contributed by atoms with Crippen molar-refractivity contribution in [2.24, 2.45) is 11.1 Å². The van der Waals surface area contributed by atoms with Gasteiger partial charge in [0.2, 0.25) is 11.8 Å². The van der Waals surface area contributed by atoms with Crippen LogP contribution in [0.2, 0.25) is 0 Å². The highest BCUT2D eigenvalue weighted by Gasteiger charge is 2.45. The normalized spacial score (nSPS) is 17.3. The molecule has 114 valence electrons. The minimum Gasteiger partial charge on any atom is -0.392 e. The van der Waals surface area contributed by atoms with E-state index in [0.29, 0.717) is 32.6 Å². The van der Waals surface area contributed by atoms with Crippen molar-refractivity contribution in [1.29, 1.82) is 0 Å². The summed E-state index contributed by atoms with van der Waals surface area (Å²) in [7, 11) is 1.55. The van der Waals surface area contributed by atoms with E-state index in [1.54, 1.807) is 11.9 Å². The predicted octanol–water partition coefficient (Wildman–Crippen LogP) is 0.0539. The van der Waals surface area contributed by atoms with Gasteiger partial charge >= 0.3 is 0 Å². The number of rotatable bonds is 6. The maximum absolute atomic E-state index is 12.8. The van der Waals surface area contributed by atoms with Gasteiger partial charge in [0.1, 0.15) is 5.41 Å². The molecule has 0 aliphatic carbocycles. The third-order valence-electron chi connectivity index (χ3n) is 3.62. The van der Waals surface area contributed by atoms with Crippen LogP contribution in [0, 0.1) is 5.41 Å². The second-order valence-electron chi connectivity index (χ2n) is 4.96. The molecular formula is C13H23N3O3S. The van der Waals surface area contributed by atoms with Gasteiger partial charge in [0.15, 0.2) is 0 Å². The van der Waals surface area contributed by atoms with Crippen LogP contribution in [-0.4, -0.2) is 55.1 Å². The molecule has 1 heterocycles. The average molecular weight is 301 g/mol. The molecule has 2 amide bonds. The van der Waals surface area contributed by atoms with Crippen LogP contribution in [0.25, 0.3) is 0 Å². The van der Waals surface area contributed by atoms with Crippen LogP contribution >= 0.6 is 12.2 Å². The smallest absolute Gasteiger partial charge is 0.239 e. The maximum atomic E-state index is 12.8. The number of nitrogens with one attached hydrogen (secondary N) is 1. The Morgan fingerprint density at radius 1 is 1.40 bits per heavy atom. The van der Waals surface area contributed by atoms with Gasteiger partial charge in [0.25, 0.3) is 0 Å². The number of ether oxygens (including phenoxy) is 1. The highest BCUT2D eigenvalue weighted by molar-refractivity contribution is 7.80. The molecule has 0 unspecified atom stereocenters. The summed E-state index contributed by atoms with van der Waals surface area (Å²) in [5.74, 6) is -0.351. The van der Waals surface area contributed by atoms with E-state index in [-0.39, 0.29) is 23.3 Å². The maximum Gasteiger partial charge on any atom is 0.239 e. The van der Waals surface area contributed by atoms with Crippen molar-refractivity contribution in [3.8, 4) is 0 Å². The summed E-state index contributed by atoms with van der Waals surface area (Å²) in [5, 5.41) is 2.53. The zero-order valence-electron chi connectivity index (χ0n) is 12.1. The van der Waals surface area contributed by atoms with Gasteiger partial charge in [-0.05, 0) is 19.3 Å². The summed E-state index contributed by atoms with van der Waals surface area (Å²) in [6.07, 6.45) is 1.73. The Balaban J connectivity index is 2.94. The Kier molecular flexibility index (Phi) is 6.35. The number of hydrogen-bond acceptors (Lipinski definition) is 4.